The van der Waals surface area contributed by atoms with Gasteiger partial charge in [-0.2, -0.15) is 0 Å². The van der Waals surface area contributed by atoms with Gasteiger partial charge in [0.1, 0.15) is 6.10 Å². The normalized spacial score (nSPS) is 17.1. The van der Waals surface area contributed by atoms with Gasteiger partial charge in [0.05, 0.1) is 0 Å². The van der Waals surface area contributed by atoms with Gasteiger partial charge in [0.2, 0.25) is 0 Å². The highest BCUT2D eigenvalue weighted by Crippen LogP contribution is 2.36. The quantitative estimate of drug-likeness (QED) is 0.416. The molecule has 0 N–H and O–H groups in total. The van der Waals surface area contributed by atoms with Crippen LogP contribution in [0.2, 0.25) is 5.04 Å². The van der Waals surface area contributed by atoms with Gasteiger partial charge in [0.15, 0.2) is 0 Å². The van der Waals surface area contributed by atoms with Crippen LogP contribution in [0.15, 0.2) is 72.8 Å². The third kappa shape index (κ3) is 4.23. The Bertz CT molecular complexity index is 739. The number of ether oxygens (including phenoxy) is 1. The molecule has 1 aliphatic heterocycles. The lowest BCUT2D eigenvalue weighted by atomic mass is 10.2. The lowest BCUT2D eigenvalue weighted by Crippen LogP contribution is -2.66. The Morgan fingerprint density at radius 1 is 0.963 bits per heavy atom. The first-order valence-electron chi connectivity index (χ1n) is 9.57. The molecule has 1 atom stereocenters. The smallest absolute Gasteiger partial charge is 0.331 e. The number of carbonyl (C=O) groups is 1. The van der Waals surface area contributed by atoms with Crippen LogP contribution in [0, 0.1) is 0 Å². The fraction of sp³-hybridized carbons (Fsp3) is 0.348. The van der Waals surface area contributed by atoms with E-state index in [1.54, 1.807) is 0 Å². The first-order chi connectivity index (χ1) is 12.9. The summed E-state index contributed by atoms with van der Waals surface area (Å²) in [7, 11) is -2.47. The van der Waals surface area contributed by atoms with Gasteiger partial charge in [0.25, 0.3) is 8.32 Å². The van der Waals surface area contributed by atoms with Gasteiger partial charge in [-0.3, -0.25) is 0 Å². The van der Waals surface area contributed by atoms with Crippen molar-refractivity contribution in [1.82, 2.24) is 0 Å². The Morgan fingerprint density at radius 3 is 1.96 bits per heavy atom. The van der Waals surface area contributed by atoms with Crippen molar-refractivity contribution < 1.29 is 14.0 Å². The van der Waals surface area contributed by atoms with E-state index >= 15 is 0 Å². The lowest BCUT2D eigenvalue weighted by molar-refractivity contribution is -0.138. The molecule has 2 aromatic rings. The average molecular weight is 381 g/mol. The molecule has 2 aromatic carbocycles. The van der Waals surface area contributed by atoms with Gasteiger partial charge in [0, 0.05) is 12.7 Å². The van der Waals surface area contributed by atoms with E-state index in [0.717, 1.165) is 12.8 Å². The first-order valence-corrected chi connectivity index (χ1v) is 11.5. The molecule has 0 aliphatic carbocycles. The van der Waals surface area contributed by atoms with Gasteiger partial charge in [-0.25, -0.2) is 4.79 Å². The van der Waals surface area contributed by atoms with E-state index in [9.17, 15) is 4.79 Å². The maximum Gasteiger partial charge on any atom is 0.331 e. The Hall–Kier alpha value is -2.17. The maximum absolute atomic E-state index is 11.2. The fourth-order valence-electron chi connectivity index (χ4n) is 3.84. The van der Waals surface area contributed by atoms with Crippen LogP contribution in [0.5, 0.6) is 0 Å². The van der Waals surface area contributed by atoms with Crippen molar-refractivity contribution >= 4 is 24.7 Å². The lowest BCUT2D eigenvalue weighted by Gasteiger charge is -2.43. The van der Waals surface area contributed by atoms with E-state index in [0.29, 0.717) is 6.61 Å². The monoisotopic (exact) mass is 380 g/mol. The summed E-state index contributed by atoms with van der Waals surface area (Å²) in [6.45, 7) is 7.48. The predicted molar refractivity (Wildman–Crippen MR) is 112 cm³/mol. The summed E-state index contributed by atoms with van der Waals surface area (Å²) in [5.74, 6) is -0.243. The van der Waals surface area contributed by atoms with Crippen molar-refractivity contribution in [3.05, 3.63) is 72.8 Å². The summed E-state index contributed by atoms with van der Waals surface area (Å²) < 4.78 is 12.1. The minimum atomic E-state index is -2.47. The summed E-state index contributed by atoms with van der Waals surface area (Å²) in [6, 6.07) is 21.3. The highest BCUT2D eigenvalue weighted by atomic mass is 28.4. The van der Waals surface area contributed by atoms with E-state index in [1.165, 1.54) is 16.4 Å². The molecule has 0 saturated heterocycles. The van der Waals surface area contributed by atoms with Crippen LogP contribution in [-0.2, 0) is 14.0 Å². The van der Waals surface area contributed by atoms with E-state index < -0.39 is 8.32 Å². The second-order valence-electron chi connectivity index (χ2n) is 7.99. The second-order valence-corrected chi connectivity index (χ2v) is 12.3. The molecule has 0 spiro atoms. The number of esters is 1. The number of hydrogen-bond donors (Lipinski definition) is 0. The molecule has 0 bridgehead atoms. The molecular weight excluding hydrogens is 352 g/mol. The van der Waals surface area contributed by atoms with Crippen molar-refractivity contribution in [2.45, 2.75) is 44.8 Å². The van der Waals surface area contributed by atoms with Crippen LogP contribution in [-0.4, -0.2) is 27.0 Å². The van der Waals surface area contributed by atoms with Crippen molar-refractivity contribution in [2.75, 3.05) is 6.61 Å². The Kier molecular flexibility index (Phi) is 5.97. The van der Waals surface area contributed by atoms with Crippen LogP contribution in [0.1, 0.15) is 33.6 Å². The zero-order valence-electron chi connectivity index (χ0n) is 16.4. The number of benzene rings is 2. The van der Waals surface area contributed by atoms with Crippen LogP contribution < -0.4 is 10.4 Å². The molecule has 1 heterocycles. The van der Waals surface area contributed by atoms with Gasteiger partial charge in [-0.1, -0.05) is 81.4 Å². The molecule has 0 amide bonds. The third-order valence-electron chi connectivity index (χ3n) is 5.08. The Balaban J connectivity index is 1.85. The first kappa shape index (κ1) is 19.6. The highest BCUT2D eigenvalue weighted by molar-refractivity contribution is 6.99. The van der Waals surface area contributed by atoms with Crippen molar-refractivity contribution in [3.8, 4) is 0 Å². The Morgan fingerprint density at radius 2 is 1.52 bits per heavy atom. The molecule has 142 valence electrons. The van der Waals surface area contributed by atoms with Gasteiger partial charge >= 0.3 is 5.97 Å². The molecule has 3 rings (SSSR count). The summed E-state index contributed by atoms with van der Waals surface area (Å²) in [6.07, 6.45) is 4.88. The molecule has 0 fully saturated rings. The minimum absolute atomic E-state index is 0.0184. The van der Waals surface area contributed by atoms with E-state index in [-0.39, 0.29) is 17.1 Å². The molecule has 4 heteroatoms. The van der Waals surface area contributed by atoms with Crippen LogP contribution in [0.4, 0.5) is 0 Å². The van der Waals surface area contributed by atoms with Crippen LogP contribution in [0.25, 0.3) is 0 Å². The fourth-order valence-corrected chi connectivity index (χ4v) is 8.45. The number of rotatable bonds is 7. The molecule has 3 nitrogen and oxygen atoms in total. The third-order valence-corrected chi connectivity index (χ3v) is 10.1. The minimum Gasteiger partial charge on any atom is -0.455 e. The molecule has 27 heavy (non-hydrogen) atoms. The topological polar surface area (TPSA) is 35.5 Å². The van der Waals surface area contributed by atoms with Gasteiger partial charge in [-0.05, 0) is 34.3 Å². The maximum atomic E-state index is 11.2. The molecule has 0 radical (unpaired) electrons. The summed E-state index contributed by atoms with van der Waals surface area (Å²) >= 11 is 0. The van der Waals surface area contributed by atoms with Gasteiger partial charge < -0.3 is 9.16 Å². The van der Waals surface area contributed by atoms with Crippen LogP contribution >= 0.6 is 0 Å². The average Bonchev–Trinajstić information content (AvgIpc) is 3.07. The van der Waals surface area contributed by atoms with Crippen LogP contribution in [0.3, 0.4) is 0 Å². The van der Waals surface area contributed by atoms with Crippen molar-refractivity contribution in [2.24, 2.45) is 0 Å². The second kappa shape index (κ2) is 8.24. The highest BCUT2D eigenvalue weighted by Gasteiger charge is 2.49. The van der Waals surface area contributed by atoms with E-state index in [2.05, 4.69) is 81.4 Å². The predicted octanol–water partition coefficient (Wildman–Crippen LogP) is 3.82. The van der Waals surface area contributed by atoms with Crippen molar-refractivity contribution in [1.29, 1.82) is 0 Å². The molecular formula is C23H28O3Si. The molecule has 1 unspecified atom stereocenters. The van der Waals surface area contributed by atoms with E-state index in [4.69, 9.17) is 9.16 Å². The molecule has 0 saturated carbocycles. The number of cyclic esters (lactones) is 1. The summed E-state index contributed by atoms with van der Waals surface area (Å²) in [5.41, 5.74) is 0. The van der Waals surface area contributed by atoms with Crippen molar-refractivity contribution in [3.63, 3.8) is 0 Å². The SMILES string of the molecule is CC(C)(C)[Si](OCCCC1C=CC(=O)O1)(c1ccccc1)c1ccccc1. The Labute approximate surface area is 163 Å². The van der Waals surface area contributed by atoms with Gasteiger partial charge in [-0.15, -0.1) is 0 Å². The zero-order chi connectivity index (χ0) is 19.3. The number of carbonyl (C=O) groups excluding carboxylic acids is 1. The standard InChI is InChI=1S/C23H28O3Si/c1-23(2,3)27(20-12-6-4-7-13-20,21-14-8-5-9-15-21)25-18-10-11-19-16-17-22(24)26-19/h4-9,12-17,19H,10-11,18H2,1-3H3. The molecule has 1 aliphatic rings. The largest absolute Gasteiger partial charge is 0.455 e. The number of hydrogen-bond acceptors (Lipinski definition) is 3. The summed E-state index contributed by atoms with van der Waals surface area (Å²) in [5, 5.41) is 2.56. The summed E-state index contributed by atoms with van der Waals surface area (Å²) in [4.78, 5) is 11.2. The molecule has 0 aromatic heterocycles. The van der Waals surface area contributed by atoms with E-state index in [1.807, 2.05) is 6.08 Å². The zero-order valence-corrected chi connectivity index (χ0v) is 17.4.